The van der Waals surface area contributed by atoms with Crippen LogP contribution in [0.4, 0.5) is 10.1 Å². The quantitative estimate of drug-likeness (QED) is 0.835. The fourth-order valence-electron chi connectivity index (χ4n) is 3.81. The molecule has 1 aromatic heterocycles. The second-order valence-corrected chi connectivity index (χ2v) is 7.21. The molecule has 1 atom stereocenters. The van der Waals surface area contributed by atoms with E-state index < -0.39 is 11.7 Å². The maximum atomic E-state index is 13.4. The van der Waals surface area contributed by atoms with Crippen molar-refractivity contribution >= 4 is 17.5 Å². The van der Waals surface area contributed by atoms with Gasteiger partial charge in [0.15, 0.2) is 0 Å². The molecule has 1 aromatic carbocycles. The summed E-state index contributed by atoms with van der Waals surface area (Å²) in [4.78, 5) is 38.2. The van der Waals surface area contributed by atoms with Gasteiger partial charge in [0.25, 0.3) is 5.56 Å². The van der Waals surface area contributed by atoms with E-state index in [4.69, 9.17) is 0 Å². The Morgan fingerprint density at radius 2 is 2.11 bits per heavy atom. The molecule has 2 aromatic rings. The summed E-state index contributed by atoms with van der Waals surface area (Å²) in [5.41, 5.74) is 2.27. The van der Waals surface area contributed by atoms with Crippen molar-refractivity contribution < 1.29 is 14.0 Å². The van der Waals surface area contributed by atoms with Crippen LogP contribution in [-0.4, -0.2) is 34.7 Å². The first-order chi connectivity index (χ1) is 13.5. The number of nitrogens with one attached hydrogen (secondary N) is 1. The summed E-state index contributed by atoms with van der Waals surface area (Å²) in [6.45, 7) is 0.756. The average molecular weight is 384 g/mol. The van der Waals surface area contributed by atoms with Gasteiger partial charge in [0.1, 0.15) is 5.82 Å². The zero-order valence-electron chi connectivity index (χ0n) is 15.4. The summed E-state index contributed by atoms with van der Waals surface area (Å²) in [5.74, 6) is -1.38. The molecular weight excluding hydrogens is 363 g/mol. The molecule has 146 valence electrons. The Balaban J connectivity index is 1.34. The molecule has 0 saturated carbocycles. The Hall–Kier alpha value is -3.03. The third kappa shape index (κ3) is 3.67. The molecule has 4 rings (SSSR count). The second kappa shape index (κ2) is 7.53. The van der Waals surface area contributed by atoms with Gasteiger partial charge in [0.05, 0.1) is 18.2 Å². The van der Waals surface area contributed by atoms with E-state index in [1.807, 2.05) is 0 Å². The van der Waals surface area contributed by atoms with E-state index in [0.29, 0.717) is 5.69 Å². The van der Waals surface area contributed by atoms with Crippen LogP contribution in [0, 0.1) is 11.7 Å². The normalized spacial score (nSPS) is 18.4. The highest BCUT2D eigenvalue weighted by Gasteiger charge is 2.35. The summed E-state index contributed by atoms with van der Waals surface area (Å²) in [5, 5.41) is 7.15. The van der Waals surface area contributed by atoms with Crippen molar-refractivity contribution in [1.29, 1.82) is 0 Å². The fourth-order valence-corrected chi connectivity index (χ4v) is 3.81. The van der Waals surface area contributed by atoms with Crippen LogP contribution >= 0.6 is 0 Å². The van der Waals surface area contributed by atoms with Crippen LogP contribution < -0.4 is 15.8 Å². The number of fused-ring (bicyclic) bond motifs is 1. The Morgan fingerprint density at radius 1 is 1.25 bits per heavy atom. The minimum atomic E-state index is -0.500. The maximum absolute atomic E-state index is 13.4. The Labute approximate surface area is 161 Å². The van der Waals surface area contributed by atoms with Gasteiger partial charge in [-0.3, -0.25) is 14.4 Å². The van der Waals surface area contributed by atoms with Gasteiger partial charge in [0.2, 0.25) is 11.8 Å². The largest absolute Gasteiger partial charge is 0.354 e. The number of anilines is 1. The van der Waals surface area contributed by atoms with Crippen molar-refractivity contribution in [2.45, 2.75) is 32.2 Å². The molecule has 1 unspecified atom stereocenters. The van der Waals surface area contributed by atoms with Gasteiger partial charge < -0.3 is 10.2 Å². The average Bonchev–Trinajstić information content (AvgIpc) is 3.27. The first-order valence-corrected chi connectivity index (χ1v) is 9.45. The van der Waals surface area contributed by atoms with Crippen LogP contribution in [0.3, 0.4) is 0 Å². The number of carbonyl (C=O) groups is 2. The summed E-state index contributed by atoms with van der Waals surface area (Å²) >= 11 is 0. The predicted octanol–water partition coefficient (Wildman–Crippen LogP) is 1.04. The van der Waals surface area contributed by atoms with Gasteiger partial charge in [-0.2, -0.15) is 5.10 Å². The number of nitrogens with zero attached hydrogens (tertiary/aromatic N) is 3. The van der Waals surface area contributed by atoms with E-state index in [0.717, 1.165) is 30.5 Å². The highest BCUT2D eigenvalue weighted by molar-refractivity contribution is 6.00. The lowest BCUT2D eigenvalue weighted by atomic mass is 10.1. The molecule has 0 bridgehead atoms. The third-order valence-corrected chi connectivity index (χ3v) is 5.26. The van der Waals surface area contributed by atoms with E-state index in [-0.39, 0.29) is 43.4 Å². The SMILES string of the molecule is O=C(NCCn1nc2c(cc1=O)CCC2)C1CC(=O)N(c2cccc(F)c2)C1. The number of amides is 2. The molecule has 1 fully saturated rings. The van der Waals surface area contributed by atoms with Gasteiger partial charge in [-0.1, -0.05) is 6.07 Å². The van der Waals surface area contributed by atoms with Crippen molar-refractivity contribution in [3.05, 3.63) is 57.8 Å². The van der Waals surface area contributed by atoms with Crippen molar-refractivity contribution in [3.63, 3.8) is 0 Å². The smallest absolute Gasteiger partial charge is 0.267 e. The van der Waals surface area contributed by atoms with Crippen molar-refractivity contribution in [1.82, 2.24) is 15.1 Å². The van der Waals surface area contributed by atoms with Crippen LogP contribution in [0.2, 0.25) is 0 Å². The number of aryl methyl sites for hydroxylation is 2. The van der Waals surface area contributed by atoms with E-state index >= 15 is 0 Å². The molecule has 1 aliphatic carbocycles. The fraction of sp³-hybridized carbons (Fsp3) is 0.400. The van der Waals surface area contributed by atoms with Gasteiger partial charge in [-0.15, -0.1) is 0 Å². The van der Waals surface area contributed by atoms with E-state index in [9.17, 15) is 18.8 Å². The lowest BCUT2D eigenvalue weighted by Gasteiger charge is -2.16. The van der Waals surface area contributed by atoms with Crippen molar-refractivity contribution in [2.75, 3.05) is 18.0 Å². The first-order valence-electron chi connectivity index (χ1n) is 9.45. The Morgan fingerprint density at radius 3 is 2.93 bits per heavy atom. The highest BCUT2D eigenvalue weighted by Crippen LogP contribution is 2.25. The van der Waals surface area contributed by atoms with Gasteiger partial charge in [-0.05, 0) is 43.0 Å². The zero-order chi connectivity index (χ0) is 19.7. The first kappa shape index (κ1) is 18.3. The number of rotatable bonds is 5. The van der Waals surface area contributed by atoms with E-state index in [2.05, 4.69) is 10.4 Å². The number of benzene rings is 1. The molecule has 2 amide bonds. The standard InChI is InChI=1S/C20H21FN4O3/c21-15-4-2-5-16(11-15)24-12-14(10-18(24)26)20(28)22-7-8-25-19(27)9-13-3-1-6-17(13)23-25/h2,4-5,9,11,14H,1,3,6-8,10,12H2,(H,22,28). The van der Waals surface area contributed by atoms with Gasteiger partial charge in [0, 0.05) is 31.3 Å². The molecule has 0 radical (unpaired) electrons. The zero-order valence-corrected chi connectivity index (χ0v) is 15.4. The summed E-state index contributed by atoms with van der Waals surface area (Å²) < 4.78 is 14.8. The molecular formula is C20H21FN4O3. The molecule has 28 heavy (non-hydrogen) atoms. The summed E-state index contributed by atoms with van der Waals surface area (Å²) in [6.07, 6.45) is 2.87. The van der Waals surface area contributed by atoms with Crippen LogP contribution in [-0.2, 0) is 29.0 Å². The maximum Gasteiger partial charge on any atom is 0.267 e. The molecule has 2 heterocycles. The van der Waals surface area contributed by atoms with Crippen LogP contribution in [0.25, 0.3) is 0 Å². The summed E-state index contributed by atoms with van der Waals surface area (Å²) in [6, 6.07) is 7.40. The predicted molar refractivity (Wildman–Crippen MR) is 100 cm³/mol. The minimum absolute atomic E-state index is 0.0827. The Kier molecular flexibility index (Phi) is 4.93. The molecule has 1 aliphatic heterocycles. The molecule has 1 N–H and O–H groups in total. The molecule has 7 nitrogen and oxygen atoms in total. The lowest BCUT2D eigenvalue weighted by molar-refractivity contribution is -0.126. The lowest BCUT2D eigenvalue weighted by Crippen LogP contribution is -2.36. The van der Waals surface area contributed by atoms with Crippen LogP contribution in [0.5, 0.6) is 0 Å². The van der Waals surface area contributed by atoms with E-state index in [1.54, 1.807) is 12.1 Å². The third-order valence-electron chi connectivity index (χ3n) is 5.26. The Bertz CT molecular complexity index is 988. The van der Waals surface area contributed by atoms with Crippen LogP contribution in [0.15, 0.2) is 35.1 Å². The van der Waals surface area contributed by atoms with Gasteiger partial charge >= 0.3 is 0 Å². The molecule has 0 spiro atoms. The highest BCUT2D eigenvalue weighted by atomic mass is 19.1. The minimum Gasteiger partial charge on any atom is -0.354 e. The number of aromatic nitrogens is 2. The number of hydrogen-bond donors (Lipinski definition) is 1. The monoisotopic (exact) mass is 384 g/mol. The number of hydrogen-bond acceptors (Lipinski definition) is 4. The second-order valence-electron chi connectivity index (χ2n) is 7.21. The number of halogens is 1. The van der Waals surface area contributed by atoms with Crippen LogP contribution in [0.1, 0.15) is 24.1 Å². The van der Waals surface area contributed by atoms with Gasteiger partial charge in [-0.25, -0.2) is 9.07 Å². The van der Waals surface area contributed by atoms with Crippen molar-refractivity contribution in [3.8, 4) is 0 Å². The molecule has 2 aliphatic rings. The van der Waals surface area contributed by atoms with E-state index in [1.165, 1.54) is 27.8 Å². The molecule has 8 heteroatoms. The van der Waals surface area contributed by atoms with Crippen molar-refractivity contribution in [2.24, 2.45) is 5.92 Å². The molecule has 1 saturated heterocycles. The number of carbonyl (C=O) groups excluding carboxylic acids is 2. The summed E-state index contributed by atoms with van der Waals surface area (Å²) in [7, 11) is 0. The topological polar surface area (TPSA) is 84.3 Å².